The summed E-state index contributed by atoms with van der Waals surface area (Å²) in [5.74, 6) is 1.04. The summed E-state index contributed by atoms with van der Waals surface area (Å²) in [5, 5.41) is 5.57. The lowest BCUT2D eigenvalue weighted by Gasteiger charge is -2.22. The van der Waals surface area contributed by atoms with Gasteiger partial charge in [-0.2, -0.15) is 0 Å². The van der Waals surface area contributed by atoms with Gasteiger partial charge in [0.1, 0.15) is 0 Å². The molecule has 1 aliphatic heterocycles. The summed E-state index contributed by atoms with van der Waals surface area (Å²) in [7, 11) is 4.36. The van der Waals surface area contributed by atoms with Gasteiger partial charge in [0, 0.05) is 44.6 Å². The Morgan fingerprint density at radius 3 is 2.88 bits per heavy atom. The average Bonchev–Trinajstić information content (AvgIpc) is 3.04. The van der Waals surface area contributed by atoms with Gasteiger partial charge < -0.3 is 20.0 Å². The van der Waals surface area contributed by atoms with Crippen LogP contribution in [0.15, 0.2) is 22.5 Å². The molecule has 0 radical (unpaired) electrons. The van der Waals surface area contributed by atoms with Crippen molar-refractivity contribution in [3.8, 4) is 0 Å². The fraction of sp³-hybridized carbons (Fsp3) is 0.737. The minimum atomic E-state index is 0. The highest BCUT2D eigenvalue weighted by atomic mass is 127. The van der Waals surface area contributed by atoms with E-state index >= 15 is 0 Å². The molecule has 1 fully saturated rings. The highest BCUT2D eigenvalue weighted by molar-refractivity contribution is 14.0. The first kappa shape index (κ1) is 23.7. The predicted octanol–water partition coefficient (Wildman–Crippen LogP) is 2.83. The second-order valence-electron chi connectivity index (χ2n) is 6.84. The van der Waals surface area contributed by atoms with E-state index in [1.165, 1.54) is 37.5 Å². The lowest BCUT2D eigenvalue weighted by Crippen LogP contribution is -2.40. The van der Waals surface area contributed by atoms with E-state index in [0.29, 0.717) is 0 Å². The van der Waals surface area contributed by atoms with E-state index in [2.05, 4.69) is 58.5 Å². The number of aliphatic imine (C=N–C) groups is 1. The number of nitrogens with one attached hydrogen (secondary N) is 1. The zero-order chi connectivity index (χ0) is 17.9. The van der Waals surface area contributed by atoms with Crippen LogP contribution in [0.1, 0.15) is 24.6 Å². The second-order valence-corrected chi connectivity index (χ2v) is 7.87. The molecule has 26 heavy (non-hydrogen) atoms. The van der Waals surface area contributed by atoms with Gasteiger partial charge in [-0.1, -0.05) is 6.07 Å². The summed E-state index contributed by atoms with van der Waals surface area (Å²) in [4.78, 5) is 13.6. The molecule has 0 bridgehead atoms. The lowest BCUT2D eigenvalue weighted by molar-refractivity contribution is 0.275. The number of halogens is 1. The van der Waals surface area contributed by atoms with Gasteiger partial charge in [0.2, 0.25) is 0 Å². The minimum Gasteiger partial charge on any atom is -0.357 e. The van der Waals surface area contributed by atoms with Gasteiger partial charge in [0.25, 0.3) is 0 Å². The molecule has 0 aliphatic carbocycles. The molecule has 2 heterocycles. The van der Waals surface area contributed by atoms with Crippen LogP contribution in [-0.4, -0.2) is 87.1 Å². The first-order chi connectivity index (χ1) is 12.2. The molecule has 5 nitrogen and oxygen atoms in total. The van der Waals surface area contributed by atoms with Crippen molar-refractivity contribution in [1.82, 2.24) is 20.0 Å². The second kappa shape index (κ2) is 13.7. The fourth-order valence-electron chi connectivity index (χ4n) is 3.11. The maximum absolute atomic E-state index is 4.83. The van der Waals surface area contributed by atoms with Gasteiger partial charge in [-0.05, 0) is 64.3 Å². The van der Waals surface area contributed by atoms with Crippen molar-refractivity contribution < 1.29 is 0 Å². The number of thiophene rings is 1. The number of likely N-dealkylation sites (N-methyl/N-ethyl adjacent to an activating group) is 2. The summed E-state index contributed by atoms with van der Waals surface area (Å²) >= 11 is 1.83. The van der Waals surface area contributed by atoms with Crippen LogP contribution in [0.5, 0.6) is 0 Å². The number of rotatable bonds is 8. The molecule has 0 amide bonds. The number of guanidine groups is 1. The Labute approximate surface area is 180 Å². The smallest absolute Gasteiger partial charge is 0.193 e. The third-order valence-electron chi connectivity index (χ3n) is 4.68. The van der Waals surface area contributed by atoms with E-state index in [-0.39, 0.29) is 24.0 Å². The van der Waals surface area contributed by atoms with Crippen molar-refractivity contribution >= 4 is 41.3 Å². The van der Waals surface area contributed by atoms with Crippen LogP contribution in [-0.2, 0) is 6.42 Å². The van der Waals surface area contributed by atoms with Crippen LogP contribution in [0, 0.1) is 0 Å². The molecule has 0 saturated carbocycles. The van der Waals surface area contributed by atoms with Gasteiger partial charge in [-0.15, -0.1) is 35.3 Å². The molecule has 1 N–H and O–H groups in total. The zero-order valence-corrected chi connectivity index (χ0v) is 19.8. The van der Waals surface area contributed by atoms with E-state index in [0.717, 1.165) is 45.0 Å². The van der Waals surface area contributed by atoms with Crippen LogP contribution in [0.25, 0.3) is 0 Å². The monoisotopic (exact) mass is 493 g/mol. The van der Waals surface area contributed by atoms with Gasteiger partial charge in [0.05, 0.1) is 0 Å². The van der Waals surface area contributed by atoms with E-state index in [1.54, 1.807) is 0 Å². The molecule has 0 atom stereocenters. The Bertz CT molecular complexity index is 494. The summed E-state index contributed by atoms with van der Waals surface area (Å²) < 4.78 is 0. The highest BCUT2D eigenvalue weighted by Gasteiger charge is 2.11. The third kappa shape index (κ3) is 9.01. The Balaban J connectivity index is 0.00000338. The van der Waals surface area contributed by atoms with Crippen molar-refractivity contribution in [1.29, 1.82) is 0 Å². The minimum absolute atomic E-state index is 0. The topological polar surface area (TPSA) is 34.1 Å². The molecular weight excluding hydrogens is 457 g/mol. The largest absolute Gasteiger partial charge is 0.357 e. The average molecular weight is 494 g/mol. The molecular formula is C19H36IN5S. The Morgan fingerprint density at radius 2 is 2.15 bits per heavy atom. The molecule has 1 aromatic rings. The molecule has 0 unspecified atom stereocenters. The van der Waals surface area contributed by atoms with Crippen molar-refractivity contribution in [2.75, 3.05) is 66.5 Å². The van der Waals surface area contributed by atoms with Gasteiger partial charge in [-0.3, -0.25) is 4.99 Å². The summed E-state index contributed by atoms with van der Waals surface area (Å²) in [6.45, 7) is 11.0. The maximum Gasteiger partial charge on any atom is 0.193 e. The zero-order valence-electron chi connectivity index (χ0n) is 16.6. The normalized spacial score (nSPS) is 16.8. The van der Waals surface area contributed by atoms with Crippen LogP contribution >= 0.6 is 35.3 Å². The molecule has 0 spiro atoms. The van der Waals surface area contributed by atoms with Gasteiger partial charge in [-0.25, -0.2) is 0 Å². The van der Waals surface area contributed by atoms with Crippen molar-refractivity contribution in [3.05, 3.63) is 22.4 Å². The van der Waals surface area contributed by atoms with Gasteiger partial charge in [0.15, 0.2) is 5.96 Å². The predicted molar refractivity (Wildman–Crippen MR) is 125 cm³/mol. The Kier molecular flexibility index (Phi) is 12.5. The van der Waals surface area contributed by atoms with Crippen LogP contribution in [0.4, 0.5) is 0 Å². The van der Waals surface area contributed by atoms with Crippen molar-refractivity contribution in [3.63, 3.8) is 0 Å². The molecule has 1 aliphatic rings. The van der Waals surface area contributed by atoms with Crippen LogP contribution < -0.4 is 5.32 Å². The molecule has 1 saturated heterocycles. The first-order valence-corrected chi connectivity index (χ1v) is 10.5. The SMILES string of the molecule is CCNC(=NCCCN1CCCN(C)CC1)N(C)CCc1cccs1.I. The molecule has 0 aromatic carbocycles. The Hall–Kier alpha value is -0.380. The first-order valence-electron chi connectivity index (χ1n) is 9.61. The fourth-order valence-corrected chi connectivity index (χ4v) is 3.81. The van der Waals surface area contributed by atoms with Crippen molar-refractivity contribution in [2.45, 2.75) is 26.2 Å². The molecule has 1 aromatic heterocycles. The Morgan fingerprint density at radius 1 is 1.31 bits per heavy atom. The lowest BCUT2D eigenvalue weighted by atomic mass is 10.3. The van der Waals surface area contributed by atoms with E-state index in [4.69, 9.17) is 4.99 Å². The number of hydrogen-bond acceptors (Lipinski definition) is 4. The molecule has 7 heteroatoms. The van der Waals surface area contributed by atoms with E-state index < -0.39 is 0 Å². The van der Waals surface area contributed by atoms with E-state index in [9.17, 15) is 0 Å². The standard InChI is InChI=1S/C19H35N5S.HI/c1-4-20-19(23(3)14-9-18-8-5-17-25-18)21-10-6-12-24-13-7-11-22(2)15-16-24;/h5,8,17H,4,6-7,9-16H2,1-3H3,(H,20,21);1H. The van der Waals surface area contributed by atoms with E-state index in [1.807, 2.05) is 11.3 Å². The number of hydrogen-bond donors (Lipinski definition) is 1. The van der Waals surface area contributed by atoms with Crippen molar-refractivity contribution in [2.24, 2.45) is 4.99 Å². The third-order valence-corrected chi connectivity index (χ3v) is 5.61. The summed E-state index contributed by atoms with van der Waals surface area (Å²) in [6.07, 6.45) is 3.51. The molecule has 150 valence electrons. The summed E-state index contributed by atoms with van der Waals surface area (Å²) in [6, 6.07) is 4.33. The quantitative estimate of drug-likeness (QED) is 0.262. The summed E-state index contributed by atoms with van der Waals surface area (Å²) in [5.41, 5.74) is 0. The van der Waals surface area contributed by atoms with Crippen LogP contribution in [0.3, 0.4) is 0 Å². The molecule has 2 rings (SSSR count). The maximum atomic E-state index is 4.83. The van der Waals surface area contributed by atoms with Gasteiger partial charge >= 0.3 is 0 Å². The number of nitrogens with zero attached hydrogens (tertiary/aromatic N) is 4. The van der Waals surface area contributed by atoms with Crippen LogP contribution in [0.2, 0.25) is 0 Å². The highest BCUT2D eigenvalue weighted by Crippen LogP contribution is 2.09.